The standard InChI is InChI=1S/C8H10N2O3/c1-9-10(13)7-4-2-6(3-5-7)8(11)12/h2-5,9,13H,1H3,(H,11,12). The number of benzene rings is 1. The minimum atomic E-state index is -0.986. The first kappa shape index (κ1) is 9.50. The smallest absolute Gasteiger partial charge is 0.335 e. The van der Waals surface area contributed by atoms with Crippen molar-refractivity contribution < 1.29 is 15.1 Å². The van der Waals surface area contributed by atoms with Gasteiger partial charge in [0.25, 0.3) is 0 Å². The van der Waals surface area contributed by atoms with E-state index in [0.717, 1.165) is 5.17 Å². The quantitative estimate of drug-likeness (QED) is 0.600. The summed E-state index contributed by atoms with van der Waals surface area (Å²) in [5.41, 5.74) is 3.14. The minimum absolute atomic E-state index is 0.188. The first-order valence-corrected chi connectivity index (χ1v) is 3.65. The second-order valence-corrected chi connectivity index (χ2v) is 2.39. The number of nitrogens with zero attached hydrogens (tertiary/aromatic N) is 1. The summed E-state index contributed by atoms with van der Waals surface area (Å²) in [6.07, 6.45) is 0. The predicted molar refractivity (Wildman–Crippen MR) is 46.7 cm³/mol. The highest BCUT2D eigenvalue weighted by Crippen LogP contribution is 2.11. The predicted octanol–water partition coefficient (Wildman–Crippen LogP) is 0.715. The fraction of sp³-hybridized carbons (Fsp3) is 0.125. The van der Waals surface area contributed by atoms with Gasteiger partial charge in [0.1, 0.15) is 0 Å². The van der Waals surface area contributed by atoms with Crippen LogP contribution in [0.5, 0.6) is 0 Å². The van der Waals surface area contributed by atoms with Crippen molar-refractivity contribution in [3.63, 3.8) is 0 Å². The molecular formula is C8H10N2O3. The number of rotatable bonds is 3. The van der Waals surface area contributed by atoms with E-state index >= 15 is 0 Å². The molecule has 0 amide bonds. The van der Waals surface area contributed by atoms with Crippen LogP contribution in [0.15, 0.2) is 24.3 Å². The van der Waals surface area contributed by atoms with Gasteiger partial charge in [-0.05, 0) is 24.3 Å². The molecule has 1 aromatic rings. The van der Waals surface area contributed by atoms with Gasteiger partial charge in [0.2, 0.25) is 0 Å². The van der Waals surface area contributed by atoms with E-state index in [2.05, 4.69) is 5.43 Å². The molecule has 5 nitrogen and oxygen atoms in total. The molecule has 3 N–H and O–H groups in total. The summed E-state index contributed by atoms with van der Waals surface area (Å²) in [6, 6.07) is 5.83. The van der Waals surface area contributed by atoms with Gasteiger partial charge in [-0.2, -0.15) is 5.17 Å². The zero-order valence-electron chi connectivity index (χ0n) is 7.06. The summed E-state index contributed by atoms with van der Waals surface area (Å²) in [5, 5.41) is 18.5. The van der Waals surface area contributed by atoms with Crippen molar-refractivity contribution in [2.45, 2.75) is 0 Å². The molecule has 0 aromatic heterocycles. The third kappa shape index (κ3) is 2.17. The van der Waals surface area contributed by atoms with Crippen LogP contribution < -0.4 is 10.6 Å². The molecule has 0 heterocycles. The second kappa shape index (κ2) is 3.88. The lowest BCUT2D eigenvalue weighted by molar-refractivity contribution is 0.0697. The van der Waals surface area contributed by atoms with E-state index in [9.17, 15) is 4.79 Å². The number of hydrazine groups is 1. The van der Waals surface area contributed by atoms with Crippen molar-refractivity contribution in [2.75, 3.05) is 12.2 Å². The maximum absolute atomic E-state index is 10.5. The van der Waals surface area contributed by atoms with Gasteiger partial charge in [-0.3, -0.25) is 5.21 Å². The SMILES string of the molecule is CNN(O)c1ccc(C(=O)O)cc1. The number of carboxylic acids is 1. The number of anilines is 1. The number of hydrogen-bond donors (Lipinski definition) is 3. The van der Waals surface area contributed by atoms with Crippen molar-refractivity contribution in [1.82, 2.24) is 5.43 Å². The van der Waals surface area contributed by atoms with Crippen LogP contribution in [0.25, 0.3) is 0 Å². The maximum Gasteiger partial charge on any atom is 0.335 e. The van der Waals surface area contributed by atoms with Gasteiger partial charge in [0.15, 0.2) is 0 Å². The minimum Gasteiger partial charge on any atom is -0.478 e. The van der Waals surface area contributed by atoms with Gasteiger partial charge < -0.3 is 5.11 Å². The molecule has 1 aromatic carbocycles. The molecule has 0 unspecified atom stereocenters. The number of hydrogen-bond acceptors (Lipinski definition) is 4. The Bertz CT molecular complexity index is 297. The fourth-order valence-corrected chi connectivity index (χ4v) is 0.874. The Hall–Kier alpha value is -1.59. The van der Waals surface area contributed by atoms with Gasteiger partial charge in [-0.15, -0.1) is 0 Å². The lowest BCUT2D eigenvalue weighted by atomic mass is 10.2. The van der Waals surface area contributed by atoms with Crippen LogP contribution in [-0.2, 0) is 0 Å². The normalized spacial score (nSPS) is 9.69. The van der Waals surface area contributed by atoms with Gasteiger partial charge in [-0.1, -0.05) is 0 Å². The van der Waals surface area contributed by atoms with E-state index in [0.29, 0.717) is 5.69 Å². The second-order valence-electron chi connectivity index (χ2n) is 2.39. The van der Waals surface area contributed by atoms with E-state index in [1.807, 2.05) is 0 Å². The first-order valence-electron chi connectivity index (χ1n) is 3.65. The maximum atomic E-state index is 10.5. The first-order chi connectivity index (χ1) is 6.15. The summed E-state index contributed by atoms with van der Waals surface area (Å²) in [5.74, 6) is -0.986. The van der Waals surface area contributed by atoms with Crippen LogP contribution in [0.4, 0.5) is 5.69 Å². The summed E-state index contributed by atoms with van der Waals surface area (Å²) in [7, 11) is 1.55. The summed E-state index contributed by atoms with van der Waals surface area (Å²) in [4.78, 5) is 10.5. The molecule has 0 radical (unpaired) electrons. The zero-order chi connectivity index (χ0) is 9.84. The van der Waals surface area contributed by atoms with Gasteiger partial charge in [-0.25, -0.2) is 10.2 Å². The molecule has 0 saturated carbocycles. The average molecular weight is 182 g/mol. The summed E-state index contributed by atoms with van der Waals surface area (Å²) < 4.78 is 0. The molecule has 0 aliphatic carbocycles. The van der Waals surface area contributed by atoms with Crippen molar-refractivity contribution in [1.29, 1.82) is 0 Å². The number of nitrogens with one attached hydrogen (secondary N) is 1. The topological polar surface area (TPSA) is 72.8 Å². The Kier molecular flexibility index (Phi) is 2.84. The summed E-state index contributed by atoms with van der Waals surface area (Å²) in [6.45, 7) is 0. The molecule has 0 spiro atoms. The highest BCUT2D eigenvalue weighted by molar-refractivity contribution is 5.87. The van der Waals surface area contributed by atoms with Crippen LogP contribution in [0.1, 0.15) is 10.4 Å². The summed E-state index contributed by atoms with van der Waals surface area (Å²) >= 11 is 0. The molecule has 13 heavy (non-hydrogen) atoms. The van der Waals surface area contributed by atoms with E-state index in [4.69, 9.17) is 10.3 Å². The van der Waals surface area contributed by atoms with Crippen LogP contribution in [0.2, 0.25) is 0 Å². The van der Waals surface area contributed by atoms with Crippen LogP contribution in [-0.4, -0.2) is 23.3 Å². The molecule has 0 atom stereocenters. The Balaban J connectivity index is 2.87. The number of carboxylic acid groups (broad SMARTS) is 1. The van der Waals surface area contributed by atoms with Crippen LogP contribution >= 0.6 is 0 Å². The third-order valence-electron chi connectivity index (χ3n) is 1.57. The van der Waals surface area contributed by atoms with E-state index in [1.54, 1.807) is 7.05 Å². The molecular weight excluding hydrogens is 172 g/mol. The zero-order valence-corrected chi connectivity index (χ0v) is 7.06. The lowest BCUT2D eigenvalue weighted by Crippen LogP contribution is -2.30. The van der Waals surface area contributed by atoms with Gasteiger partial charge in [0, 0.05) is 7.05 Å². The van der Waals surface area contributed by atoms with Crippen molar-refractivity contribution >= 4 is 11.7 Å². The number of carbonyl (C=O) groups is 1. The van der Waals surface area contributed by atoms with Crippen molar-refractivity contribution in [3.05, 3.63) is 29.8 Å². The third-order valence-corrected chi connectivity index (χ3v) is 1.57. The molecule has 0 bridgehead atoms. The fourth-order valence-electron chi connectivity index (χ4n) is 0.874. The van der Waals surface area contributed by atoms with E-state index in [-0.39, 0.29) is 5.56 Å². The van der Waals surface area contributed by atoms with Gasteiger partial charge >= 0.3 is 5.97 Å². The molecule has 0 aliphatic heterocycles. The lowest BCUT2D eigenvalue weighted by Gasteiger charge is -2.14. The monoisotopic (exact) mass is 182 g/mol. The Morgan fingerprint density at radius 3 is 2.31 bits per heavy atom. The van der Waals surface area contributed by atoms with E-state index in [1.165, 1.54) is 24.3 Å². The highest BCUT2D eigenvalue weighted by atomic mass is 16.5. The Morgan fingerprint density at radius 2 is 1.92 bits per heavy atom. The largest absolute Gasteiger partial charge is 0.478 e. The van der Waals surface area contributed by atoms with Crippen molar-refractivity contribution in [2.24, 2.45) is 0 Å². The van der Waals surface area contributed by atoms with Gasteiger partial charge in [0.05, 0.1) is 11.3 Å². The molecule has 5 heteroatoms. The molecule has 0 aliphatic rings. The van der Waals surface area contributed by atoms with Crippen LogP contribution in [0.3, 0.4) is 0 Å². The average Bonchev–Trinajstić information content (AvgIpc) is 2.17. The van der Waals surface area contributed by atoms with Crippen molar-refractivity contribution in [3.8, 4) is 0 Å². The van der Waals surface area contributed by atoms with E-state index < -0.39 is 5.97 Å². The highest BCUT2D eigenvalue weighted by Gasteiger charge is 2.03. The number of aromatic carboxylic acids is 1. The Morgan fingerprint density at radius 1 is 1.38 bits per heavy atom. The molecule has 1 rings (SSSR count). The van der Waals surface area contributed by atoms with Crippen LogP contribution in [0, 0.1) is 0 Å². The Labute approximate surface area is 75.1 Å². The molecule has 70 valence electrons. The molecule has 0 fully saturated rings. The molecule has 0 saturated heterocycles.